The van der Waals surface area contributed by atoms with Gasteiger partial charge in [0.25, 0.3) is 0 Å². The van der Waals surface area contributed by atoms with Crippen LogP contribution in [0, 0.1) is 0 Å². The number of nitrogens with zero attached hydrogens (tertiary/aromatic N) is 4. The molecule has 3 aromatic heterocycles. The molecule has 1 aliphatic rings. The molecule has 157 valence electrons. The maximum atomic E-state index is 10.1. The first-order valence-corrected chi connectivity index (χ1v) is 12.1. The minimum absolute atomic E-state index is 0.0921. The Balaban J connectivity index is 1.53. The van der Waals surface area contributed by atoms with Gasteiger partial charge in [-0.1, -0.05) is 0 Å². The molecule has 1 fully saturated rings. The molecule has 3 aromatic rings. The van der Waals surface area contributed by atoms with Crippen molar-refractivity contribution in [2.24, 2.45) is 0 Å². The average Bonchev–Trinajstić information content (AvgIpc) is 3.41. The van der Waals surface area contributed by atoms with Crippen LogP contribution in [0.5, 0.6) is 11.5 Å². The zero-order valence-electron chi connectivity index (χ0n) is 18.1. The van der Waals surface area contributed by atoms with Crippen LogP contribution >= 0.6 is 0 Å². The molecular weight excluding hydrogens is 439 g/mol. The Morgan fingerprint density at radius 3 is 2.47 bits per heavy atom. The van der Waals surface area contributed by atoms with Gasteiger partial charge in [-0.05, 0) is 0 Å². The normalized spacial score (nSPS) is 15.1. The zero-order valence-corrected chi connectivity index (χ0v) is 20.0. The number of rotatable bonds is 6. The first-order chi connectivity index (χ1) is 14.1. The molecule has 0 aliphatic heterocycles. The summed E-state index contributed by atoms with van der Waals surface area (Å²) in [4.78, 5) is 8.93. The van der Waals surface area contributed by atoms with Crippen LogP contribution in [-0.4, -0.2) is 40.6 Å². The fourth-order valence-corrected chi connectivity index (χ4v) is 4.87. The number of hydrogen-bond donors (Lipinski definition) is 1. The molecule has 0 unspecified atom stereocenters. The van der Waals surface area contributed by atoms with Gasteiger partial charge in [-0.2, -0.15) is 0 Å². The van der Waals surface area contributed by atoms with Crippen LogP contribution in [0.15, 0.2) is 42.9 Å². The zero-order chi connectivity index (χ0) is 21.5. The molecule has 1 aliphatic carbocycles. The van der Waals surface area contributed by atoms with E-state index in [1.807, 2.05) is 36.7 Å². The van der Waals surface area contributed by atoms with Gasteiger partial charge in [-0.15, -0.1) is 0 Å². The van der Waals surface area contributed by atoms with E-state index < -0.39 is 5.60 Å². The van der Waals surface area contributed by atoms with Crippen LogP contribution in [0.3, 0.4) is 0 Å². The van der Waals surface area contributed by atoms with E-state index in [0.29, 0.717) is 11.7 Å². The van der Waals surface area contributed by atoms with Gasteiger partial charge in [0.2, 0.25) is 0 Å². The van der Waals surface area contributed by atoms with E-state index in [2.05, 4.69) is 35.4 Å². The Morgan fingerprint density at radius 2 is 1.87 bits per heavy atom. The van der Waals surface area contributed by atoms with Gasteiger partial charge in [-0.3, -0.25) is 0 Å². The molecule has 1 N–H and O–H groups in total. The van der Waals surface area contributed by atoms with E-state index in [-0.39, 0.29) is 21.2 Å². The monoisotopic (exact) mass is 467 g/mol. The summed E-state index contributed by atoms with van der Waals surface area (Å²) in [6.45, 7) is 9.95. The Hall–Kier alpha value is -2.17. The van der Waals surface area contributed by atoms with E-state index >= 15 is 0 Å². The number of aromatic nitrogens is 4. The van der Waals surface area contributed by atoms with E-state index in [9.17, 15) is 5.11 Å². The SMILES string of the molecule is CC(C)(C)c1nn(C2CC2)cc1Oc1ccnc([As]c2ccc(C(C)(C)O)nc2)c1. The molecule has 1 saturated carbocycles. The van der Waals surface area contributed by atoms with Crippen molar-refractivity contribution in [3.63, 3.8) is 0 Å². The number of ether oxygens (including phenoxy) is 1. The summed E-state index contributed by atoms with van der Waals surface area (Å²) in [6, 6.07) is 8.31. The molecule has 0 bridgehead atoms. The first-order valence-electron chi connectivity index (χ1n) is 10.2. The van der Waals surface area contributed by atoms with Crippen LogP contribution in [0.25, 0.3) is 0 Å². The fraction of sp³-hybridized carbons (Fsp3) is 0.435. The predicted octanol–water partition coefficient (Wildman–Crippen LogP) is 2.98. The molecule has 0 spiro atoms. The van der Waals surface area contributed by atoms with Crippen LogP contribution in [0.1, 0.15) is 64.9 Å². The quantitative estimate of drug-likeness (QED) is 0.565. The molecule has 4 rings (SSSR count). The van der Waals surface area contributed by atoms with Gasteiger partial charge in [0, 0.05) is 0 Å². The number of pyridine rings is 2. The van der Waals surface area contributed by atoms with E-state index in [1.165, 1.54) is 12.8 Å². The second-order valence-electron chi connectivity index (χ2n) is 9.33. The van der Waals surface area contributed by atoms with E-state index in [4.69, 9.17) is 9.84 Å². The Bertz CT molecular complexity index is 1030. The predicted molar refractivity (Wildman–Crippen MR) is 118 cm³/mol. The Morgan fingerprint density at radius 1 is 1.10 bits per heavy atom. The molecule has 1 radical (unpaired) electrons. The van der Waals surface area contributed by atoms with Crippen molar-refractivity contribution in [2.75, 3.05) is 0 Å². The minimum atomic E-state index is -0.934. The molecule has 0 amide bonds. The third-order valence-electron chi connectivity index (χ3n) is 4.89. The summed E-state index contributed by atoms with van der Waals surface area (Å²) >= 11 is -0.328. The van der Waals surface area contributed by atoms with Crippen molar-refractivity contribution in [1.82, 2.24) is 19.7 Å². The van der Waals surface area contributed by atoms with Crippen LogP contribution in [0.4, 0.5) is 0 Å². The van der Waals surface area contributed by atoms with E-state index in [1.54, 1.807) is 20.0 Å². The van der Waals surface area contributed by atoms with Gasteiger partial charge in [0.05, 0.1) is 0 Å². The van der Waals surface area contributed by atoms with Crippen molar-refractivity contribution in [2.45, 2.75) is 64.5 Å². The van der Waals surface area contributed by atoms with Crippen molar-refractivity contribution in [3.8, 4) is 11.5 Å². The first kappa shape index (κ1) is 21.1. The molecule has 3 heterocycles. The second kappa shape index (κ2) is 7.82. The summed E-state index contributed by atoms with van der Waals surface area (Å²) in [5.41, 5.74) is 0.620. The summed E-state index contributed by atoms with van der Waals surface area (Å²) in [5.74, 6) is 1.59. The Kier molecular flexibility index (Phi) is 5.50. The molecular formula is C23H28AsN4O2. The number of hydrogen-bond acceptors (Lipinski definition) is 5. The van der Waals surface area contributed by atoms with Crippen LogP contribution in [-0.2, 0) is 11.0 Å². The third-order valence-corrected chi connectivity index (χ3v) is 6.98. The average molecular weight is 467 g/mol. The standard InChI is InChI=1S/C23H28AsN4O2/c1-22(2,3)21-18(14-28(27-21)16-7-8-16)30-17-10-11-25-20(12-17)24-15-6-9-19(26-13-15)23(4,5)29/h6,9-14,16,29H,7-8H2,1-5H3. The molecule has 0 atom stereocenters. The van der Waals surface area contributed by atoms with Crippen molar-refractivity contribution >= 4 is 24.6 Å². The molecule has 6 nitrogen and oxygen atoms in total. The summed E-state index contributed by atoms with van der Waals surface area (Å²) < 4.78 is 10.5. The van der Waals surface area contributed by atoms with Gasteiger partial charge in [0.15, 0.2) is 0 Å². The molecule has 0 saturated heterocycles. The topological polar surface area (TPSA) is 73.1 Å². The van der Waals surface area contributed by atoms with Crippen molar-refractivity contribution in [3.05, 3.63) is 54.2 Å². The van der Waals surface area contributed by atoms with Crippen molar-refractivity contribution in [1.29, 1.82) is 0 Å². The molecule has 30 heavy (non-hydrogen) atoms. The summed E-state index contributed by atoms with van der Waals surface area (Å²) in [6.07, 6.45) is 8.04. The third kappa shape index (κ3) is 4.93. The number of aliphatic hydroxyl groups is 1. The van der Waals surface area contributed by atoms with Gasteiger partial charge in [0.1, 0.15) is 0 Å². The summed E-state index contributed by atoms with van der Waals surface area (Å²) in [7, 11) is 0. The van der Waals surface area contributed by atoms with Gasteiger partial charge in [-0.25, -0.2) is 0 Å². The van der Waals surface area contributed by atoms with Crippen LogP contribution < -0.4 is 13.6 Å². The van der Waals surface area contributed by atoms with E-state index in [0.717, 1.165) is 26.0 Å². The Labute approximate surface area is 184 Å². The molecule has 7 heteroatoms. The van der Waals surface area contributed by atoms with Gasteiger partial charge >= 0.3 is 184 Å². The second-order valence-corrected chi connectivity index (χ2v) is 11.8. The van der Waals surface area contributed by atoms with Crippen LogP contribution in [0.2, 0.25) is 0 Å². The van der Waals surface area contributed by atoms with Gasteiger partial charge < -0.3 is 0 Å². The fourth-order valence-electron chi connectivity index (χ4n) is 3.09. The summed E-state index contributed by atoms with van der Waals surface area (Å²) in [5, 5.41) is 14.9. The maximum absolute atomic E-state index is 10.1. The molecule has 0 aromatic carbocycles. The van der Waals surface area contributed by atoms with Crippen molar-refractivity contribution < 1.29 is 9.84 Å².